The second-order valence-corrected chi connectivity index (χ2v) is 0.960. The van der Waals surface area contributed by atoms with E-state index < -0.39 is 19.4 Å². The van der Waals surface area contributed by atoms with Crippen molar-refractivity contribution in [2.75, 3.05) is 6.13 Å². The van der Waals surface area contributed by atoms with Gasteiger partial charge in [-0.15, -0.1) is 0 Å². The Labute approximate surface area is 58.7 Å². The Morgan fingerprint density at radius 2 is 1.30 bits per heavy atom. The van der Waals surface area contributed by atoms with Crippen molar-refractivity contribution in [1.29, 1.82) is 0 Å². The lowest BCUT2D eigenvalue weighted by Gasteiger charge is -1.95. The molecule has 0 saturated heterocycles. The summed E-state index contributed by atoms with van der Waals surface area (Å²) >= 11 is 4.33. The average molecular weight is 187 g/mol. The maximum absolute atomic E-state index is 10.6. The van der Waals surface area contributed by atoms with Gasteiger partial charge in [0.25, 0.3) is 0 Å². The Hall–Kier alpha value is -0.100. The summed E-state index contributed by atoms with van der Waals surface area (Å²) in [5, 5.41) is 0. The fraction of sp³-hybridized carbons (Fsp3) is 1.00. The SMILES string of the molecule is FC(F)OC(F)F.FCCl. The third-order valence-corrected chi connectivity index (χ3v) is 0.206. The summed E-state index contributed by atoms with van der Waals surface area (Å²) in [4.78, 5) is 0. The molecule has 0 amide bonds. The van der Waals surface area contributed by atoms with Crippen LogP contribution in [0.2, 0.25) is 0 Å². The molecule has 0 aromatic heterocycles. The molecule has 10 heavy (non-hydrogen) atoms. The number of hydrogen-bond acceptors (Lipinski definition) is 1. The molecule has 0 unspecified atom stereocenters. The summed E-state index contributed by atoms with van der Waals surface area (Å²) in [5.74, 6) is 0. The van der Waals surface area contributed by atoms with Crippen LogP contribution in [-0.2, 0) is 4.74 Å². The van der Waals surface area contributed by atoms with Gasteiger partial charge in [-0.3, -0.25) is 4.74 Å². The van der Waals surface area contributed by atoms with Gasteiger partial charge < -0.3 is 0 Å². The van der Waals surface area contributed by atoms with Gasteiger partial charge in [0.1, 0.15) is 0 Å². The van der Waals surface area contributed by atoms with Gasteiger partial charge in [-0.1, -0.05) is 11.6 Å². The Bertz CT molecular complexity index is 54.9. The lowest BCUT2D eigenvalue weighted by Crippen LogP contribution is -2.03. The molecule has 0 aromatic rings. The minimum atomic E-state index is -3.38. The van der Waals surface area contributed by atoms with E-state index in [9.17, 15) is 22.0 Å². The van der Waals surface area contributed by atoms with E-state index in [2.05, 4.69) is 16.3 Å². The standard InChI is InChI=1S/C2H2F4O.CH2ClF/c3-1(4)7-2(5)6;2-1-3/h1-2H;1H2. The molecule has 0 atom stereocenters. The van der Waals surface area contributed by atoms with E-state index in [0.29, 0.717) is 0 Å². The van der Waals surface area contributed by atoms with Gasteiger partial charge in [0.05, 0.1) is 0 Å². The van der Waals surface area contributed by atoms with E-state index in [-0.39, 0.29) is 0 Å². The molecule has 0 N–H and O–H groups in total. The van der Waals surface area contributed by atoms with E-state index in [0.717, 1.165) is 0 Å². The summed E-state index contributed by atoms with van der Waals surface area (Å²) in [7, 11) is 0. The number of hydrogen-bond donors (Lipinski definition) is 0. The molecule has 0 spiro atoms. The fourth-order valence-corrected chi connectivity index (χ4v) is 0.0778. The van der Waals surface area contributed by atoms with E-state index >= 15 is 0 Å². The van der Waals surface area contributed by atoms with Crippen molar-refractivity contribution in [2.45, 2.75) is 13.2 Å². The Balaban J connectivity index is 0. The lowest BCUT2D eigenvalue weighted by atomic mass is 11.3. The molecule has 0 bridgehead atoms. The minimum absolute atomic E-state index is 0.778. The highest BCUT2D eigenvalue weighted by molar-refractivity contribution is 6.16. The molecule has 0 aliphatic carbocycles. The van der Waals surface area contributed by atoms with E-state index in [4.69, 9.17) is 0 Å². The third-order valence-electron chi connectivity index (χ3n) is 0.206. The van der Waals surface area contributed by atoms with Crippen LogP contribution in [0.3, 0.4) is 0 Å². The van der Waals surface area contributed by atoms with Gasteiger partial charge in [0.2, 0.25) is 0 Å². The molecule has 0 heterocycles. The number of rotatable bonds is 2. The van der Waals surface area contributed by atoms with Gasteiger partial charge in [-0.2, -0.15) is 17.6 Å². The van der Waals surface area contributed by atoms with Crippen molar-refractivity contribution in [1.82, 2.24) is 0 Å². The van der Waals surface area contributed by atoms with Crippen molar-refractivity contribution in [3.63, 3.8) is 0 Å². The second-order valence-electron chi connectivity index (χ2n) is 0.758. The number of ether oxygens (including phenoxy) is 1. The highest BCUT2D eigenvalue weighted by Crippen LogP contribution is 2.02. The minimum Gasteiger partial charge on any atom is -0.260 e. The van der Waals surface area contributed by atoms with Gasteiger partial charge in [0, 0.05) is 0 Å². The van der Waals surface area contributed by atoms with Crippen LogP contribution in [0.4, 0.5) is 22.0 Å². The summed E-state index contributed by atoms with van der Waals surface area (Å²) in [5.41, 5.74) is 0. The molecule has 0 aliphatic rings. The molecule has 0 aliphatic heterocycles. The van der Waals surface area contributed by atoms with Crippen LogP contribution in [0, 0.1) is 0 Å². The molecule has 0 saturated carbocycles. The van der Waals surface area contributed by atoms with Crippen LogP contribution >= 0.6 is 11.6 Å². The predicted molar refractivity (Wildman–Crippen MR) is 24.9 cm³/mol. The van der Waals surface area contributed by atoms with Crippen molar-refractivity contribution in [3.8, 4) is 0 Å². The zero-order chi connectivity index (χ0) is 8.57. The maximum atomic E-state index is 10.6. The van der Waals surface area contributed by atoms with Crippen LogP contribution in [-0.4, -0.2) is 19.4 Å². The predicted octanol–water partition coefficient (Wildman–Crippen LogP) is 2.60. The first kappa shape index (κ1) is 12.6. The zero-order valence-corrected chi connectivity index (χ0v) is 5.29. The van der Waals surface area contributed by atoms with Crippen LogP contribution in [0.25, 0.3) is 0 Å². The molecule has 64 valence electrons. The first-order valence-corrected chi connectivity index (χ1v) is 2.41. The average Bonchev–Trinajstić information content (AvgIpc) is 1.62. The first-order chi connectivity index (χ1) is 4.54. The third kappa shape index (κ3) is 24.7. The quantitative estimate of drug-likeness (QED) is 0.476. The summed E-state index contributed by atoms with van der Waals surface area (Å²) in [6.45, 7) is -6.75. The van der Waals surface area contributed by atoms with Gasteiger partial charge in [-0.25, -0.2) is 4.39 Å². The highest BCUT2D eigenvalue weighted by Gasteiger charge is 2.09. The summed E-state index contributed by atoms with van der Waals surface area (Å²) in [6.07, 6.45) is -0.778. The van der Waals surface area contributed by atoms with E-state index in [1.54, 1.807) is 0 Å². The smallest absolute Gasteiger partial charge is 0.260 e. The molecular weight excluding hydrogens is 182 g/mol. The van der Waals surface area contributed by atoms with E-state index in [1.807, 2.05) is 0 Å². The normalized spacial score (nSPS) is 9.60. The summed E-state index contributed by atoms with van der Waals surface area (Å²) in [6, 6.07) is 0. The Morgan fingerprint density at radius 3 is 1.30 bits per heavy atom. The molecule has 0 rings (SSSR count). The summed E-state index contributed by atoms with van der Waals surface area (Å²) < 4.78 is 55.0. The molecule has 0 aromatic carbocycles. The number of halogens is 6. The molecule has 1 nitrogen and oxygen atoms in total. The number of alkyl halides is 6. The zero-order valence-electron chi connectivity index (χ0n) is 4.54. The maximum Gasteiger partial charge on any atom is 0.349 e. The molecule has 0 radical (unpaired) electrons. The highest BCUT2D eigenvalue weighted by atomic mass is 35.5. The van der Waals surface area contributed by atoms with Crippen LogP contribution < -0.4 is 0 Å². The topological polar surface area (TPSA) is 9.23 Å². The van der Waals surface area contributed by atoms with Crippen LogP contribution in [0.15, 0.2) is 0 Å². The van der Waals surface area contributed by atoms with Crippen molar-refractivity contribution in [2.24, 2.45) is 0 Å². The van der Waals surface area contributed by atoms with Crippen molar-refractivity contribution < 1.29 is 26.7 Å². The fourth-order valence-electron chi connectivity index (χ4n) is 0.0778. The van der Waals surface area contributed by atoms with Crippen LogP contribution in [0.1, 0.15) is 0 Å². The molecule has 0 fully saturated rings. The second kappa shape index (κ2) is 8.90. The Morgan fingerprint density at radius 1 is 1.10 bits per heavy atom. The molecular formula is C3H4ClF5O. The van der Waals surface area contributed by atoms with Gasteiger partial charge >= 0.3 is 13.2 Å². The van der Waals surface area contributed by atoms with Crippen molar-refractivity contribution >= 4 is 11.6 Å². The monoisotopic (exact) mass is 186 g/mol. The Kier molecular flexibility index (Phi) is 11.2. The van der Waals surface area contributed by atoms with E-state index in [1.165, 1.54) is 0 Å². The largest absolute Gasteiger partial charge is 0.349 e. The lowest BCUT2D eigenvalue weighted by molar-refractivity contribution is -0.245. The first-order valence-electron chi connectivity index (χ1n) is 1.88. The van der Waals surface area contributed by atoms with Crippen LogP contribution in [0.5, 0.6) is 0 Å². The van der Waals surface area contributed by atoms with Gasteiger partial charge in [0.15, 0.2) is 6.13 Å². The molecule has 7 heteroatoms. The van der Waals surface area contributed by atoms with Gasteiger partial charge in [-0.05, 0) is 0 Å². The van der Waals surface area contributed by atoms with Crippen molar-refractivity contribution in [3.05, 3.63) is 0 Å².